The highest BCUT2D eigenvalue weighted by Crippen LogP contribution is 2.39. The Morgan fingerprint density at radius 2 is 0.649 bits per heavy atom. The smallest absolute Gasteiger partial charge is 0.0541 e. The van der Waals surface area contributed by atoms with Crippen LogP contribution in [0.4, 0.5) is 17.1 Å². The molecule has 0 saturated heterocycles. The molecule has 270 valence electrons. The van der Waals surface area contributed by atoms with Gasteiger partial charge in [0, 0.05) is 33.5 Å². The summed E-state index contributed by atoms with van der Waals surface area (Å²) >= 11 is 0. The first-order chi connectivity index (χ1) is 28.2. The molecular formula is C55H40N2. The van der Waals surface area contributed by atoms with Crippen molar-refractivity contribution in [2.45, 2.75) is 6.92 Å². The van der Waals surface area contributed by atoms with Crippen molar-refractivity contribution in [2.24, 2.45) is 0 Å². The van der Waals surface area contributed by atoms with E-state index in [1.165, 1.54) is 71.9 Å². The fourth-order valence-corrected chi connectivity index (χ4v) is 8.11. The van der Waals surface area contributed by atoms with Gasteiger partial charge in [0.15, 0.2) is 0 Å². The van der Waals surface area contributed by atoms with Crippen LogP contribution >= 0.6 is 0 Å². The maximum absolute atomic E-state index is 2.37. The van der Waals surface area contributed by atoms with E-state index in [1.54, 1.807) is 0 Å². The van der Waals surface area contributed by atoms with Crippen molar-refractivity contribution in [1.82, 2.24) is 4.57 Å². The molecule has 2 heteroatoms. The van der Waals surface area contributed by atoms with Gasteiger partial charge in [-0.15, -0.1) is 0 Å². The van der Waals surface area contributed by atoms with Crippen molar-refractivity contribution >= 4 is 38.9 Å². The van der Waals surface area contributed by atoms with Crippen molar-refractivity contribution in [1.29, 1.82) is 0 Å². The zero-order valence-corrected chi connectivity index (χ0v) is 31.8. The normalized spacial score (nSPS) is 11.2. The number of rotatable bonds is 8. The minimum absolute atomic E-state index is 1.10. The lowest BCUT2D eigenvalue weighted by molar-refractivity contribution is 1.18. The molecule has 0 aliphatic carbocycles. The number of para-hydroxylation sites is 2. The summed E-state index contributed by atoms with van der Waals surface area (Å²) in [6.45, 7) is 2.13. The summed E-state index contributed by atoms with van der Waals surface area (Å²) in [5.74, 6) is 0. The van der Waals surface area contributed by atoms with Crippen LogP contribution in [0.15, 0.2) is 224 Å². The standard InChI is InChI=1S/C55H40N2/c1-39-18-20-41(21-19-39)42-22-30-48(31-23-42)56(50-34-28-45(29-35-50)47-13-9-12-46(38-47)40-10-3-2-4-11-40)49-32-24-43(25-33-49)44-26-36-51(37-27-44)57-54-16-7-5-14-52(54)53-15-6-8-17-55(53)57/h2-38H,1H3. The van der Waals surface area contributed by atoms with Gasteiger partial charge < -0.3 is 9.47 Å². The highest BCUT2D eigenvalue weighted by atomic mass is 15.1. The Balaban J connectivity index is 0.981. The summed E-state index contributed by atoms with van der Waals surface area (Å²) in [5.41, 5.74) is 17.8. The first-order valence-corrected chi connectivity index (χ1v) is 19.6. The minimum atomic E-state index is 1.10. The van der Waals surface area contributed by atoms with E-state index >= 15 is 0 Å². The van der Waals surface area contributed by atoms with Crippen molar-refractivity contribution in [3.05, 3.63) is 230 Å². The number of fused-ring (bicyclic) bond motifs is 3. The number of hydrogen-bond acceptors (Lipinski definition) is 1. The van der Waals surface area contributed by atoms with Gasteiger partial charge >= 0.3 is 0 Å². The van der Waals surface area contributed by atoms with E-state index in [2.05, 4.69) is 241 Å². The lowest BCUT2D eigenvalue weighted by Crippen LogP contribution is -2.09. The van der Waals surface area contributed by atoms with Crippen LogP contribution in [-0.2, 0) is 0 Å². The average molecular weight is 729 g/mol. The number of hydrogen-bond donors (Lipinski definition) is 0. The summed E-state index contributed by atoms with van der Waals surface area (Å²) in [6, 6.07) is 81.2. The predicted octanol–water partition coefficient (Wildman–Crippen LogP) is 15.2. The summed E-state index contributed by atoms with van der Waals surface area (Å²) in [5, 5.41) is 2.54. The first kappa shape index (κ1) is 34.1. The highest BCUT2D eigenvalue weighted by molar-refractivity contribution is 6.09. The number of anilines is 3. The van der Waals surface area contributed by atoms with Gasteiger partial charge in [0.25, 0.3) is 0 Å². The van der Waals surface area contributed by atoms with Gasteiger partial charge in [0.05, 0.1) is 11.0 Å². The summed E-state index contributed by atoms with van der Waals surface area (Å²) in [4.78, 5) is 2.35. The molecule has 9 aromatic carbocycles. The fourth-order valence-electron chi connectivity index (χ4n) is 8.11. The molecule has 1 heterocycles. The van der Waals surface area contributed by atoms with Gasteiger partial charge in [-0.3, -0.25) is 0 Å². The van der Waals surface area contributed by atoms with Crippen LogP contribution in [0.25, 0.3) is 72.0 Å². The number of aryl methyl sites for hydroxylation is 1. The molecule has 10 rings (SSSR count). The molecule has 0 radical (unpaired) electrons. The van der Waals surface area contributed by atoms with Crippen LogP contribution in [0, 0.1) is 6.92 Å². The fraction of sp³-hybridized carbons (Fsp3) is 0.0182. The van der Waals surface area contributed by atoms with Crippen LogP contribution in [0.2, 0.25) is 0 Å². The zero-order chi connectivity index (χ0) is 38.1. The number of benzene rings is 9. The topological polar surface area (TPSA) is 8.17 Å². The Bertz CT molecular complexity index is 2900. The molecule has 0 fully saturated rings. The van der Waals surface area contributed by atoms with E-state index < -0.39 is 0 Å². The van der Waals surface area contributed by atoms with Gasteiger partial charge in [-0.2, -0.15) is 0 Å². The van der Waals surface area contributed by atoms with Crippen molar-refractivity contribution < 1.29 is 0 Å². The largest absolute Gasteiger partial charge is 0.311 e. The quantitative estimate of drug-likeness (QED) is 0.151. The SMILES string of the molecule is Cc1ccc(-c2ccc(N(c3ccc(-c4ccc(-n5c6ccccc6c6ccccc65)cc4)cc3)c3ccc(-c4cccc(-c5ccccc5)c4)cc3)cc2)cc1. The Hall–Kier alpha value is -7.42. The molecule has 0 spiro atoms. The molecule has 57 heavy (non-hydrogen) atoms. The van der Waals surface area contributed by atoms with Gasteiger partial charge in [-0.25, -0.2) is 0 Å². The van der Waals surface area contributed by atoms with Crippen LogP contribution in [-0.4, -0.2) is 4.57 Å². The molecule has 1 aromatic heterocycles. The van der Waals surface area contributed by atoms with Crippen LogP contribution in [0.5, 0.6) is 0 Å². The second kappa shape index (κ2) is 14.7. The second-order valence-corrected chi connectivity index (χ2v) is 14.7. The monoisotopic (exact) mass is 728 g/mol. The molecule has 0 bridgehead atoms. The third-order valence-corrected chi connectivity index (χ3v) is 11.1. The molecule has 0 aliphatic heterocycles. The Morgan fingerprint density at radius 1 is 0.298 bits per heavy atom. The Kier molecular flexibility index (Phi) is 8.78. The average Bonchev–Trinajstić information content (AvgIpc) is 3.62. The maximum atomic E-state index is 2.37. The molecule has 2 nitrogen and oxygen atoms in total. The van der Waals surface area contributed by atoms with E-state index in [4.69, 9.17) is 0 Å². The summed E-state index contributed by atoms with van der Waals surface area (Å²) in [7, 11) is 0. The van der Waals surface area contributed by atoms with E-state index in [0.717, 1.165) is 22.7 Å². The van der Waals surface area contributed by atoms with Gasteiger partial charge in [0.1, 0.15) is 0 Å². The third kappa shape index (κ3) is 6.58. The number of nitrogens with zero attached hydrogens (tertiary/aromatic N) is 2. The Labute approximate surface area is 334 Å². The molecule has 0 unspecified atom stereocenters. The Morgan fingerprint density at radius 3 is 1.12 bits per heavy atom. The summed E-state index contributed by atoms with van der Waals surface area (Å²) in [6.07, 6.45) is 0. The van der Waals surface area contributed by atoms with E-state index in [9.17, 15) is 0 Å². The third-order valence-electron chi connectivity index (χ3n) is 11.1. The molecular weight excluding hydrogens is 689 g/mol. The molecule has 0 N–H and O–H groups in total. The van der Waals surface area contributed by atoms with E-state index in [1.807, 2.05) is 0 Å². The molecule has 0 amide bonds. The molecule has 10 aromatic rings. The van der Waals surface area contributed by atoms with E-state index in [0.29, 0.717) is 0 Å². The summed E-state index contributed by atoms with van der Waals surface area (Å²) < 4.78 is 2.37. The molecule has 0 aliphatic rings. The van der Waals surface area contributed by atoms with Crippen LogP contribution in [0.3, 0.4) is 0 Å². The van der Waals surface area contributed by atoms with Crippen molar-refractivity contribution in [3.8, 4) is 50.2 Å². The van der Waals surface area contributed by atoms with Crippen molar-refractivity contribution in [3.63, 3.8) is 0 Å². The minimum Gasteiger partial charge on any atom is -0.311 e. The lowest BCUT2D eigenvalue weighted by atomic mass is 9.98. The highest BCUT2D eigenvalue weighted by Gasteiger charge is 2.15. The van der Waals surface area contributed by atoms with Gasteiger partial charge in [-0.1, -0.05) is 163 Å². The second-order valence-electron chi connectivity index (χ2n) is 14.7. The van der Waals surface area contributed by atoms with Gasteiger partial charge in [0.2, 0.25) is 0 Å². The van der Waals surface area contributed by atoms with Gasteiger partial charge in [-0.05, 0) is 118 Å². The zero-order valence-electron chi connectivity index (χ0n) is 31.8. The van der Waals surface area contributed by atoms with E-state index in [-0.39, 0.29) is 0 Å². The van der Waals surface area contributed by atoms with Crippen LogP contribution < -0.4 is 4.90 Å². The lowest BCUT2D eigenvalue weighted by Gasteiger charge is -2.26. The molecule has 0 saturated carbocycles. The predicted molar refractivity (Wildman–Crippen MR) is 242 cm³/mol. The van der Waals surface area contributed by atoms with Crippen molar-refractivity contribution in [2.75, 3.05) is 4.90 Å². The van der Waals surface area contributed by atoms with Crippen LogP contribution in [0.1, 0.15) is 5.56 Å². The number of aromatic nitrogens is 1. The maximum Gasteiger partial charge on any atom is 0.0541 e. The first-order valence-electron chi connectivity index (χ1n) is 19.6. The molecule has 0 atom stereocenters.